The van der Waals surface area contributed by atoms with E-state index in [1.165, 1.54) is 103 Å². The fraction of sp³-hybridized carbons (Fsp3) is 0.736. The molecule has 0 aliphatic carbocycles. The van der Waals surface area contributed by atoms with Gasteiger partial charge in [-0.15, -0.1) is 0 Å². The van der Waals surface area contributed by atoms with Crippen molar-refractivity contribution in [2.24, 2.45) is 0 Å². The van der Waals surface area contributed by atoms with Gasteiger partial charge in [0.15, 0.2) is 0 Å². The highest BCUT2D eigenvalue weighted by molar-refractivity contribution is 7.47. The van der Waals surface area contributed by atoms with Crippen molar-refractivity contribution in [1.82, 2.24) is 5.32 Å². The highest BCUT2D eigenvalue weighted by Crippen LogP contribution is 2.42. The smallest absolute Gasteiger partial charge is 0.463 e. The van der Waals surface area contributed by atoms with Crippen LogP contribution in [0.15, 0.2) is 72.9 Å². The van der Waals surface area contributed by atoms with Gasteiger partial charge in [0.25, 0.3) is 0 Å². The summed E-state index contributed by atoms with van der Waals surface area (Å²) in [7, 11) is -4.43. The first-order valence-electron chi connectivity index (χ1n) is 25.4. The Hall–Kier alpha value is -2.55. The van der Waals surface area contributed by atoms with E-state index in [-0.39, 0.29) is 32.1 Å². The largest absolute Gasteiger partial charge is 0.472 e. The topological polar surface area (TPSA) is 131 Å². The molecule has 0 aliphatic rings. The Balaban J connectivity index is 3.62. The number of nitrogens with one attached hydrogen (secondary N) is 1. The minimum Gasteiger partial charge on any atom is -0.463 e. The minimum atomic E-state index is -4.43. The summed E-state index contributed by atoms with van der Waals surface area (Å²) in [5.41, 5.74) is 0. The van der Waals surface area contributed by atoms with Crippen molar-refractivity contribution in [2.75, 3.05) is 26.4 Å². The molecule has 1 amide bonds. The maximum Gasteiger partial charge on any atom is 0.472 e. The Labute approximate surface area is 386 Å². The molecule has 0 aliphatic heterocycles. The van der Waals surface area contributed by atoms with E-state index in [2.05, 4.69) is 92.1 Å². The lowest BCUT2D eigenvalue weighted by Gasteiger charge is -2.15. The number of allylic oxidation sites excluding steroid dienone is 12. The molecule has 0 saturated heterocycles. The van der Waals surface area contributed by atoms with Gasteiger partial charge in [-0.3, -0.25) is 18.6 Å². The summed E-state index contributed by atoms with van der Waals surface area (Å²) >= 11 is 0. The predicted octanol–water partition coefficient (Wildman–Crippen LogP) is 15.0. The first kappa shape index (κ1) is 60.5. The van der Waals surface area contributed by atoms with Gasteiger partial charge in [0.2, 0.25) is 5.91 Å². The van der Waals surface area contributed by atoms with Crippen LogP contribution in [0.2, 0.25) is 0 Å². The fourth-order valence-electron chi connectivity index (χ4n) is 6.86. The van der Waals surface area contributed by atoms with Gasteiger partial charge >= 0.3 is 13.8 Å². The van der Waals surface area contributed by atoms with Crippen LogP contribution in [-0.4, -0.2) is 54.3 Å². The summed E-state index contributed by atoms with van der Waals surface area (Å²) < 4.78 is 27.0. The fourth-order valence-corrected chi connectivity index (χ4v) is 7.61. The van der Waals surface area contributed by atoms with Crippen molar-refractivity contribution in [3.05, 3.63) is 72.9 Å². The monoisotopic (exact) mass is 904 g/mol. The van der Waals surface area contributed by atoms with Crippen LogP contribution < -0.4 is 5.32 Å². The van der Waals surface area contributed by atoms with E-state index in [9.17, 15) is 24.2 Å². The van der Waals surface area contributed by atoms with Crippen molar-refractivity contribution in [1.29, 1.82) is 0 Å². The van der Waals surface area contributed by atoms with E-state index in [1.54, 1.807) is 0 Å². The number of esters is 1. The zero-order valence-electron chi connectivity index (χ0n) is 40.3. The summed E-state index contributed by atoms with van der Waals surface area (Å²) in [4.78, 5) is 34.1. The molecule has 0 radical (unpaired) electrons. The van der Waals surface area contributed by atoms with Crippen LogP contribution in [0, 0.1) is 0 Å². The molecule has 0 rings (SSSR count). The lowest BCUT2D eigenvalue weighted by atomic mass is 10.0. The Morgan fingerprint density at radius 1 is 0.508 bits per heavy atom. The molecule has 0 saturated carbocycles. The number of phosphoric ester groups is 1. The second kappa shape index (κ2) is 48.9. The number of hydrogen-bond donors (Lipinski definition) is 3. The number of carbonyl (C=O) groups excluding carboxylic acids is 2. The standard InChI is InChI=1S/C53H94NO8P/c1-3-5-7-9-11-13-15-17-19-21-23-24-25-26-28-29-31-33-35-37-39-41-43-45-52(56)54-47-48-61-63(58,59)62-50-51(55)49-60-53(57)46-44-42-40-38-36-34-32-30-27-22-20-18-16-14-12-10-8-6-4-2/h5,7,11,13,17,19,23-24,26,28,31,33,51,55H,3-4,6,8-10,12,14-16,18,20-22,25,27,29-30,32,34-50H2,1-2H3,(H,54,56)(H,58,59)/b7-5-,13-11-,19-17-,24-23-,28-26-,33-31-. The van der Waals surface area contributed by atoms with Crippen LogP contribution in [0.5, 0.6) is 0 Å². The SMILES string of the molecule is CC/C=C\C/C=C\C/C=C\C/C=C\C/C=C\C/C=C\CCCCCCC(=O)NCCOP(=O)(O)OCC(O)COC(=O)CCCCCCCCCCCCCCCCCCCCC. The molecule has 10 heteroatoms. The van der Waals surface area contributed by atoms with Crippen molar-refractivity contribution >= 4 is 19.7 Å². The Kier molecular flexibility index (Phi) is 46.9. The molecule has 2 atom stereocenters. The molecule has 0 spiro atoms. The molecule has 2 unspecified atom stereocenters. The van der Waals surface area contributed by atoms with Crippen molar-refractivity contribution in [3.8, 4) is 0 Å². The molecular weight excluding hydrogens is 810 g/mol. The van der Waals surface area contributed by atoms with Gasteiger partial charge in [0, 0.05) is 19.4 Å². The average molecular weight is 904 g/mol. The second-order valence-corrected chi connectivity index (χ2v) is 18.2. The molecule has 63 heavy (non-hydrogen) atoms. The van der Waals surface area contributed by atoms with E-state index < -0.39 is 26.5 Å². The number of aliphatic hydroxyl groups excluding tert-OH is 1. The molecule has 0 bridgehead atoms. The molecule has 0 aromatic heterocycles. The van der Waals surface area contributed by atoms with Crippen molar-refractivity contribution in [2.45, 2.75) is 225 Å². The molecule has 0 heterocycles. The van der Waals surface area contributed by atoms with Gasteiger partial charge in [-0.05, 0) is 64.2 Å². The molecule has 0 aromatic carbocycles. The summed E-state index contributed by atoms with van der Waals surface area (Å²) in [6.07, 6.45) is 61.2. The molecule has 0 fully saturated rings. The Morgan fingerprint density at radius 3 is 1.37 bits per heavy atom. The van der Waals surface area contributed by atoms with Crippen LogP contribution in [-0.2, 0) is 27.9 Å². The summed E-state index contributed by atoms with van der Waals surface area (Å²) in [6, 6.07) is 0. The number of aliphatic hydroxyl groups is 1. The molecule has 364 valence electrons. The van der Waals surface area contributed by atoms with Gasteiger partial charge in [-0.2, -0.15) is 0 Å². The number of hydrogen-bond acceptors (Lipinski definition) is 7. The van der Waals surface area contributed by atoms with E-state index in [4.69, 9.17) is 13.8 Å². The molecular formula is C53H94NO8P. The minimum absolute atomic E-state index is 0.0646. The lowest BCUT2D eigenvalue weighted by molar-refractivity contribution is -0.147. The second-order valence-electron chi connectivity index (χ2n) is 16.8. The lowest BCUT2D eigenvalue weighted by Crippen LogP contribution is -2.27. The van der Waals surface area contributed by atoms with Gasteiger partial charge in [-0.25, -0.2) is 4.57 Å². The molecule has 9 nitrogen and oxygen atoms in total. The summed E-state index contributed by atoms with van der Waals surface area (Å²) in [5.74, 6) is -0.539. The normalized spacial score (nSPS) is 13.8. The highest BCUT2D eigenvalue weighted by Gasteiger charge is 2.23. The summed E-state index contributed by atoms with van der Waals surface area (Å²) in [5, 5.41) is 12.7. The van der Waals surface area contributed by atoms with Crippen LogP contribution in [0.3, 0.4) is 0 Å². The Bertz CT molecular complexity index is 1260. The third kappa shape index (κ3) is 50.3. The number of carbonyl (C=O) groups is 2. The van der Waals surface area contributed by atoms with Gasteiger partial charge < -0.3 is 20.1 Å². The third-order valence-corrected chi connectivity index (χ3v) is 11.6. The first-order valence-corrected chi connectivity index (χ1v) is 26.9. The Morgan fingerprint density at radius 2 is 0.905 bits per heavy atom. The molecule has 3 N–H and O–H groups in total. The van der Waals surface area contributed by atoms with Crippen LogP contribution >= 0.6 is 7.82 Å². The summed E-state index contributed by atoms with van der Waals surface area (Å²) in [6.45, 7) is 3.43. The van der Waals surface area contributed by atoms with Gasteiger partial charge in [0.1, 0.15) is 12.7 Å². The first-order chi connectivity index (χ1) is 30.8. The van der Waals surface area contributed by atoms with E-state index in [0.717, 1.165) is 89.9 Å². The third-order valence-electron chi connectivity index (χ3n) is 10.7. The number of ether oxygens (including phenoxy) is 1. The van der Waals surface area contributed by atoms with Gasteiger partial charge in [0.05, 0.1) is 13.2 Å². The van der Waals surface area contributed by atoms with E-state index >= 15 is 0 Å². The quantitative estimate of drug-likeness (QED) is 0.0238. The maximum atomic E-state index is 12.1. The van der Waals surface area contributed by atoms with Crippen LogP contribution in [0.25, 0.3) is 0 Å². The van der Waals surface area contributed by atoms with E-state index in [1.807, 2.05) is 0 Å². The number of unbranched alkanes of at least 4 members (excludes halogenated alkanes) is 22. The molecule has 0 aromatic rings. The van der Waals surface area contributed by atoms with Crippen LogP contribution in [0.4, 0.5) is 0 Å². The number of phosphoric acid groups is 1. The highest BCUT2D eigenvalue weighted by atomic mass is 31.2. The van der Waals surface area contributed by atoms with Crippen molar-refractivity contribution < 1.29 is 37.9 Å². The van der Waals surface area contributed by atoms with Crippen molar-refractivity contribution in [3.63, 3.8) is 0 Å². The predicted molar refractivity (Wildman–Crippen MR) is 266 cm³/mol. The number of amides is 1. The number of rotatable bonds is 47. The van der Waals surface area contributed by atoms with Gasteiger partial charge in [-0.1, -0.05) is 215 Å². The maximum absolute atomic E-state index is 12.1. The zero-order valence-corrected chi connectivity index (χ0v) is 41.1. The van der Waals surface area contributed by atoms with Crippen LogP contribution in [0.1, 0.15) is 219 Å². The van der Waals surface area contributed by atoms with E-state index in [0.29, 0.717) is 6.42 Å². The average Bonchev–Trinajstić information content (AvgIpc) is 3.27. The zero-order chi connectivity index (χ0) is 46.0.